The number of benzene rings is 2. The van der Waals surface area contributed by atoms with E-state index in [2.05, 4.69) is 17.1 Å². The molecule has 1 heterocycles. The number of pyridine rings is 1. The van der Waals surface area contributed by atoms with Gasteiger partial charge in [0.2, 0.25) is 0 Å². The number of para-hydroxylation sites is 1. The third-order valence-corrected chi connectivity index (χ3v) is 3.69. The highest BCUT2D eigenvalue weighted by Gasteiger charge is 2.13. The van der Waals surface area contributed by atoms with Gasteiger partial charge < -0.3 is 5.73 Å². The Balaban J connectivity index is 2.15. The minimum atomic E-state index is -0.182. The molecule has 0 saturated heterocycles. The van der Waals surface area contributed by atoms with Gasteiger partial charge in [-0.2, -0.15) is 0 Å². The molecule has 3 rings (SSSR count). The smallest absolute Gasteiger partial charge is 0.0708 e. The van der Waals surface area contributed by atoms with Crippen molar-refractivity contribution in [2.45, 2.75) is 13.0 Å². The van der Waals surface area contributed by atoms with Gasteiger partial charge in [0.05, 0.1) is 11.6 Å². The minimum absolute atomic E-state index is 0.182. The standard InChI is InChI=1S/C17H15ClN2/c1-11-10-15(14-4-2-3-5-16(14)20-11)17(19)12-6-8-13(18)9-7-12/h2-10,17H,19H2,1H3. The van der Waals surface area contributed by atoms with Crippen LogP contribution in [0.2, 0.25) is 5.02 Å². The summed E-state index contributed by atoms with van der Waals surface area (Å²) in [5, 5.41) is 1.82. The van der Waals surface area contributed by atoms with E-state index < -0.39 is 0 Å². The van der Waals surface area contributed by atoms with Crippen molar-refractivity contribution >= 4 is 22.5 Å². The number of aromatic nitrogens is 1. The molecule has 0 spiro atoms. The molecular formula is C17H15ClN2. The molecule has 0 radical (unpaired) electrons. The van der Waals surface area contributed by atoms with Crippen molar-refractivity contribution in [3.05, 3.63) is 76.4 Å². The molecule has 1 atom stereocenters. The molecule has 1 aromatic heterocycles. The summed E-state index contributed by atoms with van der Waals surface area (Å²) in [4.78, 5) is 4.55. The first-order chi connectivity index (χ1) is 9.65. The predicted octanol–water partition coefficient (Wildman–Crippen LogP) is 4.24. The van der Waals surface area contributed by atoms with Crippen molar-refractivity contribution in [3.63, 3.8) is 0 Å². The first-order valence-electron chi connectivity index (χ1n) is 6.52. The van der Waals surface area contributed by atoms with Gasteiger partial charge in [-0.3, -0.25) is 4.98 Å². The van der Waals surface area contributed by atoms with Crippen LogP contribution in [0.15, 0.2) is 54.6 Å². The van der Waals surface area contributed by atoms with Crippen LogP contribution in [0.5, 0.6) is 0 Å². The van der Waals surface area contributed by atoms with Crippen molar-refractivity contribution in [2.75, 3.05) is 0 Å². The lowest BCUT2D eigenvalue weighted by atomic mass is 9.96. The lowest BCUT2D eigenvalue weighted by Crippen LogP contribution is -2.13. The van der Waals surface area contributed by atoms with Gasteiger partial charge in [-0.05, 0) is 42.3 Å². The van der Waals surface area contributed by atoms with Crippen molar-refractivity contribution in [3.8, 4) is 0 Å². The van der Waals surface area contributed by atoms with Gasteiger partial charge in [-0.1, -0.05) is 41.9 Å². The predicted molar refractivity (Wildman–Crippen MR) is 84.0 cm³/mol. The zero-order valence-corrected chi connectivity index (χ0v) is 11.9. The molecule has 0 aliphatic carbocycles. The van der Waals surface area contributed by atoms with Gasteiger partial charge in [0.1, 0.15) is 0 Å². The second-order valence-corrected chi connectivity index (χ2v) is 5.34. The molecule has 1 unspecified atom stereocenters. The van der Waals surface area contributed by atoms with Crippen LogP contribution in [-0.4, -0.2) is 4.98 Å². The zero-order chi connectivity index (χ0) is 14.1. The first kappa shape index (κ1) is 13.1. The number of hydrogen-bond donors (Lipinski definition) is 1. The Bertz CT molecular complexity index is 751. The van der Waals surface area contributed by atoms with Crippen LogP contribution >= 0.6 is 11.6 Å². The van der Waals surface area contributed by atoms with E-state index in [1.165, 1.54) is 0 Å². The van der Waals surface area contributed by atoms with E-state index >= 15 is 0 Å². The normalized spacial score (nSPS) is 12.6. The minimum Gasteiger partial charge on any atom is -0.320 e. The molecule has 2 N–H and O–H groups in total. The molecule has 0 aliphatic rings. The Labute approximate surface area is 123 Å². The summed E-state index contributed by atoms with van der Waals surface area (Å²) >= 11 is 5.93. The summed E-state index contributed by atoms with van der Waals surface area (Å²) in [6, 6.07) is 17.6. The average Bonchev–Trinajstić information content (AvgIpc) is 2.46. The third kappa shape index (κ3) is 2.40. The second-order valence-electron chi connectivity index (χ2n) is 4.90. The SMILES string of the molecule is Cc1cc(C(N)c2ccc(Cl)cc2)c2ccccc2n1. The lowest BCUT2D eigenvalue weighted by molar-refractivity contribution is 0.876. The molecule has 3 aromatic rings. The van der Waals surface area contributed by atoms with Crippen LogP contribution in [0.1, 0.15) is 22.9 Å². The lowest BCUT2D eigenvalue weighted by Gasteiger charge is -2.16. The average molecular weight is 283 g/mol. The number of halogens is 1. The molecular weight excluding hydrogens is 268 g/mol. The van der Waals surface area contributed by atoms with Gasteiger partial charge in [0.25, 0.3) is 0 Å². The number of rotatable bonds is 2. The van der Waals surface area contributed by atoms with Crippen LogP contribution in [0, 0.1) is 6.92 Å². The molecule has 2 nitrogen and oxygen atoms in total. The topological polar surface area (TPSA) is 38.9 Å². The number of nitrogens with zero attached hydrogens (tertiary/aromatic N) is 1. The van der Waals surface area contributed by atoms with E-state index in [1.54, 1.807) is 0 Å². The van der Waals surface area contributed by atoms with Crippen LogP contribution in [0.4, 0.5) is 0 Å². The van der Waals surface area contributed by atoms with Gasteiger partial charge in [-0.15, -0.1) is 0 Å². The fourth-order valence-electron chi connectivity index (χ4n) is 2.45. The van der Waals surface area contributed by atoms with Crippen molar-refractivity contribution in [2.24, 2.45) is 5.73 Å². The molecule has 0 aliphatic heterocycles. The zero-order valence-electron chi connectivity index (χ0n) is 11.2. The molecule has 2 aromatic carbocycles. The van der Waals surface area contributed by atoms with E-state index in [0.29, 0.717) is 0 Å². The molecule has 20 heavy (non-hydrogen) atoms. The number of hydrogen-bond acceptors (Lipinski definition) is 2. The molecule has 0 saturated carbocycles. The third-order valence-electron chi connectivity index (χ3n) is 3.44. The molecule has 0 bridgehead atoms. The van der Waals surface area contributed by atoms with Crippen LogP contribution in [-0.2, 0) is 0 Å². The number of nitrogens with two attached hydrogens (primary N) is 1. The Morgan fingerprint density at radius 1 is 1.05 bits per heavy atom. The van der Waals surface area contributed by atoms with E-state index in [0.717, 1.165) is 32.7 Å². The van der Waals surface area contributed by atoms with Crippen molar-refractivity contribution in [1.82, 2.24) is 4.98 Å². The summed E-state index contributed by atoms with van der Waals surface area (Å²) in [6.07, 6.45) is 0. The van der Waals surface area contributed by atoms with Gasteiger partial charge in [0, 0.05) is 16.1 Å². The first-order valence-corrected chi connectivity index (χ1v) is 6.90. The Morgan fingerprint density at radius 3 is 2.50 bits per heavy atom. The molecule has 100 valence electrons. The van der Waals surface area contributed by atoms with Gasteiger partial charge in [-0.25, -0.2) is 0 Å². The van der Waals surface area contributed by atoms with Crippen LogP contribution in [0.3, 0.4) is 0 Å². The summed E-state index contributed by atoms with van der Waals surface area (Å²) in [5.74, 6) is 0. The Hall–Kier alpha value is -1.90. The van der Waals surface area contributed by atoms with Crippen LogP contribution < -0.4 is 5.73 Å². The molecule has 3 heteroatoms. The van der Waals surface area contributed by atoms with E-state index in [9.17, 15) is 0 Å². The van der Waals surface area contributed by atoms with Gasteiger partial charge >= 0.3 is 0 Å². The maximum absolute atomic E-state index is 6.43. The highest BCUT2D eigenvalue weighted by atomic mass is 35.5. The Kier molecular flexibility index (Phi) is 3.43. The van der Waals surface area contributed by atoms with E-state index in [4.69, 9.17) is 17.3 Å². The molecule has 0 fully saturated rings. The molecule has 0 amide bonds. The highest BCUT2D eigenvalue weighted by Crippen LogP contribution is 2.27. The highest BCUT2D eigenvalue weighted by molar-refractivity contribution is 6.30. The fraction of sp³-hybridized carbons (Fsp3) is 0.118. The quantitative estimate of drug-likeness (QED) is 0.763. The summed E-state index contributed by atoms with van der Waals surface area (Å²) in [5.41, 5.74) is 10.5. The van der Waals surface area contributed by atoms with Crippen LogP contribution in [0.25, 0.3) is 10.9 Å². The maximum Gasteiger partial charge on any atom is 0.0708 e. The number of aryl methyl sites for hydroxylation is 1. The monoisotopic (exact) mass is 282 g/mol. The van der Waals surface area contributed by atoms with Crippen molar-refractivity contribution in [1.29, 1.82) is 0 Å². The van der Waals surface area contributed by atoms with Gasteiger partial charge in [0.15, 0.2) is 0 Å². The maximum atomic E-state index is 6.43. The van der Waals surface area contributed by atoms with Crippen molar-refractivity contribution < 1.29 is 0 Å². The number of fused-ring (bicyclic) bond motifs is 1. The summed E-state index contributed by atoms with van der Waals surface area (Å²) in [6.45, 7) is 1.99. The fourth-order valence-corrected chi connectivity index (χ4v) is 2.57. The van der Waals surface area contributed by atoms with E-state index in [-0.39, 0.29) is 6.04 Å². The second kappa shape index (κ2) is 5.23. The summed E-state index contributed by atoms with van der Waals surface area (Å²) in [7, 11) is 0. The summed E-state index contributed by atoms with van der Waals surface area (Å²) < 4.78 is 0. The Morgan fingerprint density at radius 2 is 1.75 bits per heavy atom. The largest absolute Gasteiger partial charge is 0.320 e. The van der Waals surface area contributed by atoms with E-state index in [1.807, 2.05) is 49.4 Å².